The van der Waals surface area contributed by atoms with Crippen molar-refractivity contribution in [3.8, 4) is 0 Å². The normalized spacial score (nSPS) is 31.3. The standard InChI is InChI=1S/C14H26O5Si/c1-14(2,3)20(4,5)19-12-7-11(16)9(6-13(17)18)10(12)8-15/h8-12,16H,6-7H2,1-5H3,(H,17,18)/t9-,10-,11+,12-/m1/s1. The highest BCUT2D eigenvalue weighted by atomic mass is 28.4. The van der Waals surface area contributed by atoms with E-state index in [4.69, 9.17) is 9.53 Å². The van der Waals surface area contributed by atoms with Crippen LogP contribution >= 0.6 is 0 Å². The number of carbonyl (C=O) groups is 2. The maximum absolute atomic E-state index is 11.3. The van der Waals surface area contributed by atoms with Gasteiger partial charge in [-0.05, 0) is 24.6 Å². The average molecular weight is 302 g/mol. The first kappa shape index (κ1) is 17.3. The predicted molar refractivity (Wildman–Crippen MR) is 78.0 cm³/mol. The Balaban J connectivity index is 2.87. The van der Waals surface area contributed by atoms with Crippen LogP contribution in [0.25, 0.3) is 0 Å². The fourth-order valence-electron chi connectivity index (χ4n) is 2.45. The Morgan fingerprint density at radius 2 is 1.95 bits per heavy atom. The zero-order valence-electron chi connectivity index (χ0n) is 12.9. The van der Waals surface area contributed by atoms with E-state index >= 15 is 0 Å². The number of carboxylic acid groups (broad SMARTS) is 1. The molecule has 1 rings (SSSR count). The molecule has 6 heteroatoms. The largest absolute Gasteiger partial charge is 0.481 e. The van der Waals surface area contributed by atoms with Crippen LogP contribution in [0.4, 0.5) is 0 Å². The maximum atomic E-state index is 11.3. The molecule has 0 saturated heterocycles. The number of aliphatic hydroxyl groups is 1. The van der Waals surface area contributed by atoms with E-state index in [1.807, 2.05) is 0 Å². The van der Waals surface area contributed by atoms with Crippen LogP contribution in [-0.2, 0) is 14.0 Å². The smallest absolute Gasteiger partial charge is 0.303 e. The van der Waals surface area contributed by atoms with Gasteiger partial charge in [0.2, 0.25) is 0 Å². The first-order valence-corrected chi connectivity index (χ1v) is 9.93. The molecular weight excluding hydrogens is 276 g/mol. The minimum atomic E-state index is -2.04. The molecule has 0 aliphatic heterocycles. The van der Waals surface area contributed by atoms with E-state index in [1.54, 1.807) is 0 Å². The lowest BCUT2D eigenvalue weighted by Gasteiger charge is -2.39. The molecule has 0 radical (unpaired) electrons. The van der Waals surface area contributed by atoms with Gasteiger partial charge in [0.25, 0.3) is 0 Å². The van der Waals surface area contributed by atoms with Gasteiger partial charge in [0, 0.05) is 11.8 Å². The van der Waals surface area contributed by atoms with E-state index < -0.39 is 32.2 Å². The summed E-state index contributed by atoms with van der Waals surface area (Å²) in [5, 5.41) is 18.9. The van der Waals surface area contributed by atoms with Gasteiger partial charge in [-0.25, -0.2) is 0 Å². The Bertz CT molecular complexity index is 374. The van der Waals surface area contributed by atoms with E-state index in [9.17, 15) is 14.7 Å². The SMILES string of the molecule is CC(C)(C)[Si](C)(C)O[C@@H]1C[C@H](O)[C@H](CC(=O)O)[C@H]1C=O. The van der Waals surface area contributed by atoms with Gasteiger partial charge in [-0.2, -0.15) is 0 Å². The number of carbonyl (C=O) groups excluding carboxylic acids is 1. The van der Waals surface area contributed by atoms with E-state index in [-0.39, 0.29) is 17.6 Å². The number of aldehydes is 1. The summed E-state index contributed by atoms with van der Waals surface area (Å²) in [6.45, 7) is 10.5. The number of aliphatic hydroxyl groups excluding tert-OH is 1. The molecule has 0 spiro atoms. The van der Waals surface area contributed by atoms with Gasteiger partial charge in [0.15, 0.2) is 8.32 Å². The van der Waals surface area contributed by atoms with Crippen molar-refractivity contribution < 1.29 is 24.2 Å². The first-order chi connectivity index (χ1) is 8.99. The third-order valence-electron chi connectivity index (χ3n) is 4.71. The molecule has 1 aliphatic carbocycles. The summed E-state index contributed by atoms with van der Waals surface area (Å²) in [4.78, 5) is 22.2. The molecule has 116 valence electrons. The monoisotopic (exact) mass is 302 g/mol. The minimum absolute atomic E-state index is 0.0102. The number of carboxylic acids is 1. The van der Waals surface area contributed by atoms with Crippen molar-refractivity contribution in [1.82, 2.24) is 0 Å². The molecule has 4 atom stereocenters. The number of aliphatic carboxylic acids is 1. The van der Waals surface area contributed by atoms with Crippen LogP contribution in [0.5, 0.6) is 0 Å². The Morgan fingerprint density at radius 1 is 1.40 bits per heavy atom. The van der Waals surface area contributed by atoms with Gasteiger partial charge in [-0.15, -0.1) is 0 Å². The van der Waals surface area contributed by atoms with Gasteiger partial charge in [0.1, 0.15) is 6.29 Å². The van der Waals surface area contributed by atoms with Gasteiger partial charge in [0.05, 0.1) is 18.6 Å². The van der Waals surface area contributed by atoms with Crippen molar-refractivity contribution in [3.63, 3.8) is 0 Å². The average Bonchev–Trinajstić information content (AvgIpc) is 2.51. The summed E-state index contributed by atoms with van der Waals surface area (Å²) in [7, 11) is -2.04. The molecule has 20 heavy (non-hydrogen) atoms. The second-order valence-electron chi connectivity index (χ2n) is 7.19. The van der Waals surface area contributed by atoms with Gasteiger partial charge in [-0.1, -0.05) is 20.8 Å². The van der Waals surface area contributed by atoms with Crippen LogP contribution in [0.15, 0.2) is 0 Å². The molecule has 0 aromatic carbocycles. The van der Waals surface area contributed by atoms with Crippen molar-refractivity contribution >= 4 is 20.6 Å². The number of rotatable bonds is 5. The Labute approximate surface area is 121 Å². The first-order valence-electron chi connectivity index (χ1n) is 7.02. The zero-order chi connectivity index (χ0) is 15.7. The highest BCUT2D eigenvalue weighted by Gasteiger charge is 2.48. The van der Waals surface area contributed by atoms with E-state index in [0.717, 1.165) is 6.29 Å². The molecule has 0 unspecified atom stereocenters. The molecule has 0 aromatic rings. The molecule has 0 bridgehead atoms. The zero-order valence-corrected chi connectivity index (χ0v) is 13.9. The maximum Gasteiger partial charge on any atom is 0.303 e. The highest BCUT2D eigenvalue weighted by molar-refractivity contribution is 6.74. The predicted octanol–water partition coefficient (Wildman–Crippen LogP) is 2.05. The highest BCUT2D eigenvalue weighted by Crippen LogP contribution is 2.42. The number of hydrogen-bond acceptors (Lipinski definition) is 4. The van der Waals surface area contributed by atoms with E-state index in [1.165, 1.54) is 0 Å². The van der Waals surface area contributed by atoms with Gasteiger partial charge >= 0.3 is 5.97 Å². The fraction of sp³-hybridized carbons (Fsp3) is 0.857. The van der Waals surface area contributed by atoms with Crippen LogP contribution in [-0.4, -0.2) is 43.0 Å². The minimum Gasteiger partial charge on any atom is -0.481 e. The molecule has 1 saturated carbocycles. The van der Waals surface area contributed by atoms with Crippen LogP contribution in [0.1, 0.15) is 33.6 Å². The summed E-state index contributed by atoms with van der Waals surface area (Å²) in [6.07, 6.45) is -0.249. The van der Waals surface area contributed by atoms with Gasteiger partial charge in [-0.3, -0.25) is 4.79 Å². The molecule has 5 nitrogen and oxygen atoms in total. The lowest BCUT2D eigenvalue weighted by Crippen LogP contribution is -2.45. The van der Waals surface area contributed by atoms with Crippen LogP contribution in [0, 0.1) is 11.8 Å². The molecular formula is C14H26O5Si. The van der Waals surface area contributed by atoms with E-state index in [0.29, 0.717) is 6.42 Å². The molecule has 1 fully saturated rings. The molecule has 1 aliphatic rings. The molecule has 0 heterocycles. The summed E-state index contributed by atoms with van der Waals surface area (Å²) >= 11 is 0. The van der Waals surface area contributed by atoms with Crippen molar-refractivity contribution in [3.05, 3.63) is 0 Å². The van der Waals surface area contributed by atoms with Crippen molar-refractivity contribution in [2.75, 3.05) is 0 Å². The quantitative estimate of drug-likeness (QED) is 0.600. The van der Waals surface area contributed by atoms with Crippen LogP contribution < -0.4 is 0 Å². The third-order valence-corrected chi connectivity index (χ3v) is 9.22. The molecule has 2 N–H and O–H groups in total. The Hall–Kier alpha value is -0.723. The Kier molecular flexibility index (Phi) is 5.16. The lowest BCUT2D eigenvalue weighted by molar-refractivity contribution is -0.139. The third kappa shape index (κ3) is 3.68. The van der Waals surface area contributed by atoms with E-state index in [2.05, 4.69) is 33.9 Å². The summed E-state index contributed by atoms with van der Waals surface area (Å²) in [5.41, 5.74) is 0. The summed E-state index contributed by atoms with van der Waals surface area (Å²) in [5.74, 6) is -2.07. The topological polar surface area (TPSA) is 83.8 Å². The van der Waals surface area contributed by atoms with Crippen molar-refractivity contribution in [1.29, 1.82) is 0 Å². The fourth-order valence-corrected chi connectivity index (χ4v) is 3.81. The second kappa shape index (κ2) is 5.95. The van der Waals surface area contributed by atoms with Crippen molar-refractivity contribution in [2.24, 2.45) is 11.8 Å². The van der Waals surface area contributed by atoms with Crippen molar-refractivity contribution in [2.45, 2.75) is 64.0 Å². The lowest BCUT2D eigenvalue weighted by atomic mass is 9.92. The van der Waals surface area contributed by atoms with Gasteiger partial charge < -0.3 is 19.4 Å². The number of hydrogen-bond donors (Lipinski definition) is 2. The summed E-state index contributed by atoms with van der Waals surface area (Å²) in [6, 6.07) is 0. The molecule has 0 amide bonds. The van der Waals surface area contributed by atoms with Crippen LogP contribution in [0.3, 0.4) is 0 Å². The second-order valence-corrected chi connectivity index (χ2v) is 12.0. The van der Waals surface area contributed by atoms with Crippen LogP contribution in [0.2, 0.25) is 18.1 Å². The molecule has 0 aromatic heterocycles. The summed E-state index contributed by atoms with van der Waals surface area (Å²) < 4.78 is 6.20. The Morgan fingerprint density at radius 3 is 2.35 bits per heavy atom.